The monoisotopic (exact) mass is 247 g/mol. The SMILES string of the molecule is CC(C)(C)c1cc(-c2ccncc2)nc(Cl)n1. The highest BCUT2D eigenvalue weighted by atomic mass is 35.5. The van der Waals surface area contributed by atoms with Crippen LogP contribution in [0.4, 0.5) is 0 Å². The van der Waals surface area contributed by atoms with Gasteiger partial charge in [-0.05, 0) is 29.8 Å². The maximum Gasteiger partial charge on any atom is 0.223 e. The van der Waals surface area contributed by atoms with Crippen molar-refractivity contribution in [1.29, 1.82) is 0 Å². The van der Waals surface area contributed by atoms with Gasteiger partial charge >= 0.3 is 0 Å². The fourth-order valence-corrected chi connectivity index (χ4v) is 1.65. The van der Waals surface area contributed by atoms with E-state index < -0.39 is 0 Å². The molecule has 88 valence electrons. The van der Waals surface area contributed by atoms with E-state index in [0.717, 1.165) is 17.0 Å². The molecule has 0 saturated heterocycles. The molecule has 17 heavy (non-hydrogen) atoms. The van der Waals surface area contributed by atoms with Crippen LogP contribution in [0.25, 0.3) is 11.3 Å². The molecule has 4 heteroatoms. The van der Waals surface area contributed by atoms with Crippen LogP contribution in [0.2, 0.25) is 5.28 Å². The number of pyridine rings is 1. The van der Waals surface area contributed by atoms with Crippen LogP contribution >= 0.6 is 11.6 Å². The highest BCUT2D eigenvalue weighted by Crippen LogP contribution is 2.25. The molecule has 2 aromatic rings. The van der Waals surface area contributed by atoms with Crippen molar-refractivity contribution < 1.29 is 0 Å². The van der Waals surface area contributed by atoms with Crippen molar-refractivity contribution in [3.05, 3.63) is 41.6 Å². The summed E-state index contributed by atoms with van der Waals surface area (Å²) in [5, 5.41) is 0.282. The van der Waals surface area contributed by atoms with Gasteiger partial charge in [-0.1, -0.05) is 20.8 Å². The van der Waals surface area contributed by atoms with Gasteiger partial charge in [0.1, 0.15) is 0 Å². The first-order valence-corrected chi connectivity index (χ1v) is 5.80. The lowest BCUT2D eigenvalue weighted by Gasteiger charge is -2.18. The molecule has 2 rings (SSSR count). The van der Waals surface area contributed by atoms with Gasteiger partial charge in [0.05, 0.1) is 11.4 Å². The van der Waals surface area contributed by atoms with Gasteiger partial charge in [0.2, 0.25) is 5.28 Å². The normalized spacial score (nSPS) is 11.5. The minimum atomic E-state index is -0.0473. The molecule has 0 saturated carbocycles. The molecule has 2 aromatic heterocycles. The van der Waals surface area contributed by atoms with Crippen LogP contribution in [0.3, 0.4) is 0 Å². The third kappa shape index (κ3) is 2.80. The summed E-state index contributed by atoms with van der Waals surface area (Å²) in [6.07, 6.45) is 3.48. The Kier molecular flexibility index (Phi) is 3.11. The lowest BCUT2D eigenvalue weighted by molar-refractivity contribution is 0.567. The first-order valence-electron chi connectivity index (χ1n) is 5.42. The van der Waals surface area contributed by atoms with Crippen LogP contribution in [0.15, 0.2) is 30.6 Å². The first-order chi connectivity index (χ1) is 7.97. The van der Waals surface area contributed by atoms with Crippen molar-refractivity contribution in [2.24, 2.45) is 0 Å². The molecule has 3 nitrogen and oxygen atoms in total. The van der Waals surface area contributed by atoms with Crippen LogP contribution in [-0.2, 0) is 5.41 Å². The largest absolute Gasteiger partial charge is 0.265 e. The minimum absolute atomic E-state index is 0.0473. The van der Waals surface area contributed by atoms with E-state index in [1.807, 2.05) is 18.2 Å². The molecule has 0 aliphatic rings. The zero-order chi connectivity index (χ0) is 12.5. The van der Waals surface area contributed by atoms with Gasteiger partial charge in [-0.15, -0.1) is 0 Å². The summed E-state index contributed by atoms with van der Waals surface area (Å²) < 4.78 is 0. The Morgan fingerprint density at radius 2 is 1.71 bits per heavy atom. The van der Waals surface area contributed by atoms with Gasteiger partial charge in [-0.25, -0.2) is 9.97 Å². The zero-order valence-electron chi connectivity index (χ0n) is 10.1. The van der Waals surface area contributed by atoms with Gasteiger partial charge in [-0.3, -0.25) is 4.98 Å². The molecule has 0 fully saturated rings. The predicted molar refractivity (Wildman–Crippen MR) is 69.0 cm³/mol. The predicted octanol–water partition coefficient (Wildman–Crippen LogP) is 3.49. The van der Waals surface area contributed by atoms with Crippen LogP contribution in [0, 0.1) is 0 Å². The molecular weight excluding hydrogens is 234 g/mol. The van der Waals surface area contributed by atoms with E-state index in [1.165, 1.54) is 0 Å². The molecular formula is C13H14ClN3. The molecule has 0 atom stereocenters. The smallest absolute Gasteiger partial charge is 0.223 e. The fraction of sp³-hybridized carbons (Fsp3) is 0.308. The molecule has 0 N–H and O–H groups in total. The Morgan fingerprint density at radius 3 is 2.29 bits per heavy atom. The Morgan fingerprint density at radius 1 is 1.06 bits per heavy atom. The zero-order valence-corrected chi connectivity index (χ0v) is 10.9. The summed E-state index contributed by atoms with van der Waals surface area (Å²) in [5.41, 5.74) is 2.71. The van der Waals surface area contributed by atoms with Crippen molar-refractivity contribution in [1.82, 2.24) is 15.0 Å². The molecule has 0 amide bonds. The van der Waals surface area contributed by atoms with E-state index in [-0.39, 0.29) is 10.7 Å². The van der Waals surface area contributed by atoms with Crippen molar-refractivity contribution in [2.75, 3.05) is 0 Å². The summed E-state index contributed by atoms with van der Waals surface area (Å²) in [4.78, 5) is 12.5. The Balaban J connectivity index is 2.54. The molecule has 0 aliphatic carbocycles. The standard InChI is InChI=1S/C13H14ClN3/c1-13(2,3)11-8-10(16-12(14)17-11)9-4-6-15-7-5-9/h4-8H,1-3H3. The van der Waals surface area contributed by atoms with Crippen LogP contribution in [0.1, 0.15) is 26.5 Å². The average Bonchev–Trinajstić information content (AvgIpc) is 2.28. The van der Waals surface area contributed by atoms with Crippen molar-refractivity contribution in [3.63, 3.8) is 0 Å². The fourth-order valence-electron chi connectivity index (χ4n) is 1.47. The summed E-state index contributed by atoms with van der Waals surface area (Å²) in [5.74, 6) is 0. The van der Waals surface area contributed by atoms with E-state index >= 15 is 0 Å². The summed E-state index contributed by atoms with van der Waals surface area (Å²) in [6, 6.07) is 5.79. The molecule has 0 spiro atoms. The average molecular weight is 248 g/mol. The van der Waals surface area contributed by atoms with Gasteiger partial charge < -0.3 is 0 Å². The lowest BCUT2D eigenvalue weighted by Crippen LogP contribution is -2.14. The first kappa shape index (κ1) is 12.0. The number of nitrogens with zero attached hydrogens (tertiary/aromatic N) is 3. The molecule has 0 unspecified atom stereocenters. The van der Waals surface area contributed by atoms with Crippen molar-refractivity contribution in [2.45, 2.75) is 26.2 Å². The Labute approximate surface area is 106 Å². The number of hydrogen-bond acceptors (Lipinski definition) is 3. The topological polar surface area (TPSA) is 38.7 Å². The molecule has 0 aromatic carbocycles. The number of rotatable bonds is 1. The van der Waals surface area contributed by atoms with Crippen LogP contribution in [-0.4, -0.2) is 15.0 Å². The van der Waals surface area contributed by atoms with E-state index in [1.54, 1.807) is 12.4 Å². The molecule has 2 heterocycles. The number of aromatic nitrogens is 3. The van der Waals surface area contributed by atoms with Crippen LogP contribution in [0.5, 0.6) is 0 Å². The minimum Gasteiger partial charge on any atom is -0.265 e. The van der Waals surface area contributed by atoms with E-state index in [4.69, 9.17) is 11.6 Å². The van der Waals surface area contributed by atoms with Gasteiger partial charge in [0.15, 0.2) is 0 Å². The summed E-state index contributed by atoms with van der Waals surface area (Å²) in [7, 11) is 0. The quantitative estimate of drug-likeness (QED) is 0.724. The second-order valence-corrected chi connectivity index (χ2v) is 5.23. The maximum atomic E-state index is 5.97. The van der Waals surface area contributed by atoms with Gasteiger partial charge in [0.25, 0.3) is 0 Å². The van der Waals surface area contributed by atoms with Gasteiger partial charge in [0, 0.05) is 23.4 Å². The van der Waals surface area contributed by atoms with Crippen LogP contribution < -0.4 is 0 Å². The van der Waals surface area contributed by atoms with E-state index in [2.05, 4.69) is 35.7 Å². The Bertz CT molecular complexity index is 518. The third-order valence-electron chi connectivity index (χ3n) is 2.44. The van der Waals surface area contributed by atoms with E-state index in [0.29, 0.717) is 0 Å². The third-order valence-corrected chi connectivity index (χ3v) is 2.61. The highest BCUT2D eigenvalue weighted by Gasteiger charge is 2.17. The summed E-state index contributed by atoms with van der Waals surface area (Å²) >= 11 is 5.97. The number of halogens is 1. The second-order valence-electron chi connectivity index (χ2n) is 4.89. The number of hydrogen-bond donors (Lipinski definition) is 0. The molecule has 0 radical (unpaired) electrons. The van der Waals surface area contributed by atoms with Crippen molar-refractivity contribution in [3.8, 4) is 11.3 Å². The van der Waals surface area contributed by atoms with Crippen molar-refractivity contribution >= 4 is 11.6 Å². The Hall–Kier alpha value is -1.48. The molecule has 0 aliphatic heterocycles. The second kappa shape index (κ2) is 4.41. The van der Waals surface area contributed by atoms with Gasteiger partial charge in [-0.2, -0.15) is 0 Å². The molecule has 0 bridgehead atoms. The maximum absolute atomic E-state index is 5.97. The van der Waals surface area contributed by atoms with E-state index in [9.17, 15) is 0 Å². The highest BCUT2D eigenvalue weighted by molar-refractivity contribution is 6.28. The summed E-state index contributed by atoms with van der Waals surface area (Å²) in [6.45, 7) is 6.30. The lowest BCUT2D eigenvalue weighted by atomic mass is 9.91.